The Morgan fingerprint density at radius 2 is 2.00 bits per heavy atom. The van der Waals surface area contributed by atoms with E-state index in [1.165, 1.54) is 4.90 Å². The molecule has 1 fully saturated rings. The molecule has 0 amide bonds. The molecule has 1 saturated heterocycles. The number of cyclic esters (lactones) is 1. The Hall–Kier alpha value is -1.85. The molecule has 0 aromatic heterocycles. The van der Waals surface area contributed by atoms with E-state index in [1.807, 2.05) is 51.1 Å². The third-order valence-corrected chi connectivity index (χ3v) is 3.24. The fraction of sp³-hybridized carbons (Fsp3) is 0.438. The van der Waals surface area contributed by atoms with Crippen LogP contribution in [-0.2, 0) is 20.9 Å². The molecule has 0 spiro atoms. The van der Waals surface area contributed by atoms with Crippen LogP contribution in [0.3, 0.4) is 0 Å². The Morgan fingerprint density at radius 3 is 2.57 bits per heavy atom. The summed E-state index contributed by atoms with van der Waals surface area (Å²) in [5, 5.41) is 10.2. The molecule has 0 bridgehead atoms. The van der Waals surface area contributed by atoms with Crippen LogP contribution >= 0.6 is 0 Å². The third kappa shape index (κ3) is 3.43. The zero-order chi connectivity index (χ0) is 15.6. The Kier molecular flexibility index (Phi) is 4.34. The van der Waals surface area contributed by atoms with Gasteiger partial charge in [-0.15, -0.1) is 0 Å². The van der Waals surface area contributed by atoms with Crippen molar-refractivity contribution in [3.05, 3.63) is 48.2 Å². The van der Waals surface area contributed by atoms with E-state index in [9.17, 15) is 9.90 Å². The maximum absolute atomic E-state index is 11.7. The highest BCUT2D eigenvalue weighted by atomic mass is 16.6. The van der Waals surface area contributed by atoms with Gasteiger partial charge < -0.3 is 14.6 Å². The minimum atomic E-state index is -1.28. The first-order chi connectivity index (χ1) is 9.80. The second kappa shape index (κ2) is 5.87. The number of aliphatic hydroxyl groups is 1. The van der Waals surface area contributed by atoms with Crippen molar-refractivity contribution in [2.45, 2.75) is 40.0 Å². The molecule has 1 aliphatic rings. The van der Waals surface area contributed by atoms with Gasteiger partial charge in [-0.3, -0.25) is 4.90 Å². The first-order valence-corrected chi connectivity index (χ1v) is 6.82. The van der Waals surface area contributed by atoms with Crippen LogP contribution in [0.2, 0.25) is 0 Å². The number of esters is 1. The van der Waals surface area contributed by atoms with Crippen LogP contribution in [0.4, 0.5) is 0 Å². The van der Waals surface area contributed by atoms with Crippen molar-refractivity contribution in [2.24, 2.45) is 5.41 Å². The topological polar surface area (TPSA) is 59.0 Å². The first kappa shape index (κ1) is 15.5. The summed E-state index contributed by atoms with van der Waals surface area (Å²) in [6.07, 6.45) is -1.89. The van der Waals surface area contributed by atoms with Crippen molar-refractivity contribution < 1.29 is 19.4 Å². The van der Waals surface area contributed by atoms with Crippen LogP contribution in [0.5, 0.6) is 0 Å². The second-order valence-electron chi connectivity index (χ2n) is 6.10. The predicted octanol–water partition coefficient (Wildman–Crippen LogP) is 2.22. The summed E-state index contributed by atoms with van der Waals surface area (Å²) in [5.74, 6) is -0.530. The summed E-state index contributed by atoms with van der Waals surface area (Å²) in [6, 6.07) is 9.49. The van der Waals surface area contributed by atoms with Crippen LogP contribution in [0, 0.1) is 5.41 Å². The minimum absolute atomic E-state index is 0.107. The van der Waals surface area contributed by atoms with Crippen molar-refractivity contribution in [3.63, 3.8) is 0 Å². The molecule has 1 N–H and O–H groups in total. The van der Waals surface area contributed by atoms with E-state index in [1.54, 1.807) is 0 Å². The van der Waals surface area contributed by atoms with Crippen LogP contribution in [0.1, 0.15) is 26.3 Å². The number of carbonyl (C=O) groups is 1. The lowest BCUT2D eigenvalue weighted by atomic mass is 9.93. The number of aliphatic hydroxyl groups excluding tert-OH is 1. The number of hydrogen-bond donors (Lipinski definition) is 1. The average Bonchev–Trinajstić information content (AvgIpc) is 2.74. The maximum atomic E-state index is 11.7. The van der Waals surface area contributed by atoms with Crippen molar-refractivity contribution in [2.75, 3.05) is 0 Å². The van der Waals surface area contributed by atoms with E-state index in [-0.39, 0.29) is 17.7 Å². The largest absolute Gasteiger partial charge is 0.436 e. The lowest BCUT2D eigenvalue weighted by Crippen LogP contribution is -2.46. The molecule has 0 saturated carbocycles. The Morgan fingerprint density at radius 1 is 1.38 bits per heavy atom. The molecule has 5 nitrogen and oxygen atoms in total. The number of benzene rings is 1. The van der Waals surface area contributed by atoms with Crippen LogP contribution in [0.15, 0.2) is 42.6 Å². The van der Waals surface area contributed by atoms with Gasteiger partial charge in [0.05, 0.1) is 6.61 Å². The van der Waals surface area contributed by atoms with Gasteiger partial charge in [0.25, 0.3) is 0 Å². The fourth-order valence-electron chi connectivity index (χ4n) is 2.14. The molecule has 1 aromatic carbocycles. The van der Waals surface area contributed by atoms with E-state index in [0.717, 1.165) is 5.56 Å². The minimum Gasteiger partial charge on any atom is -0.436 e. The maximum Gasteiger partial charge on any atom is 0.356 e. The van der Waals surface area contributed by atoms with Gasteiger partial charge in [0, 0.05) is 5.41 Å². The van der Waals surface area contributed by atoms with Gasteiger partial charge in [-0.25, -0.2) is 4.79 Å². The van der Waals surface area contributed by atoms with Gasteiger partial charge in [-0.1, -0.05) is 57.7 Å². The van der Waals surface area contributed by atoms with Crippen molar-refractivity contribution in [1.29, 1.82) is 0 Å². The van der Waals surface area contributed by atoms with Crippen molar-refractivity contribution >= 4 is 5.97 Å². The second-order valence-corrected chi connectivity index (χ2v) is 6.10. The van der Waals surface area contributed by atoms with Gasteiger partial charge >= 0.3 is 5.97 Å². The van der Waals surface area contributed by atoms with E-state index < -0.39 is 18.6 Å². The van der Waals surface area contributed by atoms with Gasteiger partial charge in [-0.2, -0.15) is 0 Å². The molecular formula is C16H21NO4. The molecule has 0 aliphatic carbocycles. The number of nitrogens with zero attached hydrogens (tertiary/aromatic N) is 1. The normalized spacial score (nSPS) is 20.6. The molecule has 2 rings (SSSR count). The highest BCUT2D eigenvalue weighted by molar-refractivity contribution is 5.89. The molecule has 0 radical (unpaired) electrons. The lowest BCUT2D eigenvalue weighted by Gasteiger charge is -2.35. The van der Waals surface area contributed by atoms with E-state index in [0.29, 0.717) is 0 Å². The zero-order valence-corrected chi connectivity index (χ0v) is 12.6. The van der Waals surface area contributed by atoms with Crippen LogP contribution in [-0.4, -0.2) is 28.6 Å². The number of rotatable bonds is 4. The Balaban J connectivity index is 2.07. The highest BCUT2D eigenvalue weighted by Crippen LogP contribution is 2.34. The highest BCUT2D eigenvalue weighted by Gasteiger charge is 2.45. The first-order valence-electron chi connectivity index (χ1n) is 6.82. The summed E-state index contributed by atoms with van der Waals surface area (Å²) in [5.41, 5.74) is 0.669. The van der Waals surface area contributed by atoms with Crippen molar-refractivity contribution in [1.82, 2.24) is 4.90 Å². The standard InChI is InChI=1S/C16H21NO4/c1-11-13(18)21-14(16(2,3)4)17(11)15(19)20-10-12-8-6-5-7-9-12/h5-9,14-15,19H,1,10H2,2-4H3/t14-,15?/m0/s1. The number of hydrogen-bond acceptors (Lipinski definition) is 5. The molecule has 5 heteroatoms. The SMILES string of the molecule is C=C1C(=O)O[C@@H](C(C)(C)C)N1C(O)OCc1ccccc1. The van der Waals surface area contributed by atoms with Crippen molar-refractivity contribution in [3.8, 4) is 0 Å². The Bertz CT molecular complexity index is 521. The molecule has 1 unspecified atom stereocenters. The molecule has 2 atom stereocenters. The third-order valence-electron chi connectivity index (χ3n) is 3.24. The summed E-state index contributed by atoms with van der Waals surface area (Å²) >= 11 is 0. The van der Waals surface area contributed by atoms with Gasteiger partial charge in [0.15, 0.2) is 6.23 Å². The van der Waals surface area contributed by atoms with E-state index in [4.69, 9.17) is 9.47 Å². The number of ether oxygens (including phenoxy) is 2. The molecule has 1 aromatic rings. The van der Waals surface area contributed by atoms with Crippen LogP contribution < -0.4 is 0 Å². The smallest absolute Gasteiger partial charge is 0.356 e. The zero-order valence-electron chi connectivity index (χ0n) is 12.6. The predicted molar refractivity (Wildman–Crippen MR) is 77.6 cm³/mol. The lowest BCUT2D eigenvalue weighted by molar-refractivity contribution is -0.226. The summed E-state index contributed by atoms with van der Waals surface area (Å²) in [6.45, 7) is 9.65. The van der Waals surface area contributed by atoms with E-state index >= 15 is 0 Å². The quantitative estimate of drug-likeness (QED) is 0.523. The Labute approximate surface area is 124 Å². The summed E-state index contributed by atoms with van der Waals surface area (Å²) in [7, 11) is 0. The van der Waals surface area contributed by atoms with Crippen LogP contribution in [0.25, 0.3) is 0 Å². The number of carbonyl (C=O) groups excluding carboxylic acids is 1. The monoisotopic (exact) mass is 291 g/mol. The average molecular weight is 291 g/mol. The molecule has 21 heavy (non-hydrogen) atoms. The molecular weight excluding hydrogens is 270 g/mol. The molecule has 1 heterocycles. The van der Waals surface area contributed by atoms with Gasteiger partial charge in [-0.05, 0) is 5.56 Å². The molecule has 1 aliphatic heterocycles. The van der Waals surface area contributed by atoms with Gasteiger partial charge in [0.1, 0.15) is 5.70 Å². The van der Waals surface area contributed by atoms with E-state index in [2.05, 4.69) is 6.58 Å². The summed E-state index contributed by atoms with van der Waals surface area (Å²) in [4.78, 5) is 13.1. The fourth-order valence-corrected chi connectivity index (χ4v) is 2.14. The molecule has 114 valence electrons. The van der Waals surface area contributed by atoms with Gasteiger partial charge in [0.2, 0.25) is 6.41 Å². The summed E-state index contributed by atoms with van der Waals surface area (Å²) < 4.78 is 10.7.